The van der Waals surface area contributed by atoms with Gasteiger partial charge in [-0.05, 0) is 31.6 Å². The monoisotopic (exact) mass is 1280 g/mol. The summed E-state index contributed by atoms with van der Waals surface area (Å²) in [6, 6.07) is 0. The van der Waals surface area contributed by atoms with Crippen molar-refractivity contribution in [2.24, 2.45) is 5.92 Å². The quantitative estimate of drug-likeness (QED) is 0.0222. The van der Waals surface area contributed by atoms with Crippen molar-refractivity contribution in [1.29, 1.82) is 0 Å². The molecule has 0 rings (SSSR count). The molecule has 0 aromatic carbocycles. The van der Waals surface area contributed by atoms with Crippen molar-refractivity contribution in [3.8, 4) is 0 Å². The van der Waals surface area contributed by atoms with E-state index in [1.165, 1.54) is 173 Å². The van der Waals surface area contributed by atoms with Crippen LogP contribution in [0.1, 0.15) is 349 Å². The lowest BCUT2D eigenvalue weighted by Crippen LogP contribution is -2.30. The Morgan fingerprint density at radius 1 is 0.310 bits per heavy atom. The third kappa shape index (κ3) is 62.6. The normalized spacial score (nSPS) is 14.1. The van der Waals surface area contributed by atoms with Crippen molar-refractivity contribution >= 4 is 39.5 Å². The number of ether oxygens (including phenoxy) is 4. The van der Waals surface area contributed by atoms with E-state index in [-0.39, 0.29) is 25.7 Å². The Morgan fingerprint density at radius 2 is 0.529 bits per heavy atom. The van der Waals surface area contributed by atoms with Crippen LogP contribution in [0.4, 0.5) is 0 Å². The summed E-state index contributed by atoms with van der Waals surface area (Å²) in [5.41, 5.74) is 0. The predicted molar refractivity (Wildman–Crippen MR) is 349 cm³/mol. The highest BCUT2D eigenvalue weighted by Crippen LogP contribution is 2.45. The SMILES string of the molecule is CCCCCCCCCCCCCCC(=O)OC[C@H](COP(=O)(O)OC[C@@H](O)COP(=O)(O)OC[C@@H](COC(=O)CCCCCCCCCCCC)OC(=O)CCCCCCCCCCCC)OC(=O)CCCCCCCCCCCCCCC(C)C. The molecule has 0 saturated carbocycles. The average molecular weight is 1280 g/mol. The fraction of sp³-hybridized carbons (Fsp3) is 0.941. The second-order valence-electron chi connectivity index (χ2n) is 25.0. The van der Waals surface area contributed by atoms with Gasteiger partial charge in [-0.15, -0.1) is 0 Å². The smallest absolute Gasteiger partial charge is 0.462 e. The van der Waals surface area contributed by atoms with Gasteiger partial charge in [0.1, 0.15) is 19.3 Å². The molecule has 0 radical (unpaired) electrons. The minimum Gasteiger partial charge on any atom is -0.462 e. The molecule has 516 valence electrons. The standard InChI is InChI=1S/C68H132O17P2/c1-6-9-12-15-18-21-24-28-33-37-42-47-52-66(71)79-58-64(85-68(73)54-49-44-39-34-29-26-25-27-30-35-40-45-50-61(4)5)60-83-87(76,77)81-56-62(69)55-80-86(74,75)82-59-63(84-67(72)53-48-43-38-32-23-20-17-14-11-8-3)57-78-65(70)51-46-41-36-31-22-19-16-13-10-7-2/h61-64,69H,6-60H2,1-5H3,(H,74,75)(H,76,77)/t62-,63+,64+/m0/s1. The van der Waals surface area contributed by atoms with Gasteiger partial charge in [-0.3, -0.25) is 37.3 Å². The lowest BCUT2D eigenvalue weighted by atomic mass is 10.0. The molecule has 19 heteroatoms. The van der Waals surface area contributed by atoms with Crippen LogP contribution in [-0.4, -0.2) is 96.7 Å². The lowest BCUT2D eigenvalue weighted by molar-refractivity contribution is -0.161. The molecular weight excluding hydrogens is 1150 g/mol. The number of hydrogen-bond acceptors (Lipinski definition) is 15. The van der Waals surface area contributed by atoms with E-state index in [9.17, 15) is 43.2 Å². The molecule has 0 heterocycles. The Labute approximate surface area is 530 Å². The molecule has 0 aliphatic rings. The maximum atomic E-state index is 13.0. The van der Waals surface area contributed by atoms with Crippen LogP contribution in [0.2, 0.25) is 0 Å². The number of unbranched alkanes of at least 4 members (excludes halogenated alkanes) is 40. The molecule has 87 heavy (non-hydrogen) atoms. The molecule has 5 atom stereocenters. The fourth-order valence-electron chi connectivity index (χ4n) is 10.3. The average Bonchev–Trinajstić information content (AvgIpc) is 3.69. The fourth-order valence-corrected chi connectivity index (χ4v) is 11.9. The van der Waals surface area contributed by atoms with Crippen molar-refractivity contribution in [2.45, 2.75) is 368 Å². The van der Waals surface area contributed by atoms with Crippen molar-refractivity contribution in [1.82, 2.24) is 0 Å². The first-order chi connectivity index (χ1) is 42.0. The number of phosphoric ester groups is 2. The van der Waals surface area contributed by atoms with E-state index in [0.717, 1.165) is 95.8 Å². The van der Waals surface area contributed by atoms with Crippen LogP contribution in [0, 0.1) is 5.92 Å². The predicted octanol–water partition coefficient (Wildman–Crippen LogP) is 19.4. The van der Waals surface area contributed by atoms with Gasteiger partial charge in [-0.1, -0.05) is 298 Å². The summed E-state index contributed by atoms with van der Waals surface area (Å²) in [6.45, 7) is 7.23. The topological polar surface area (TPSA) is 237 Å². The Bertz CT molecular complexity index is 1690. The summed E-state index contributed by atoms with van der Waals surface area (Å²) in [7, 11) is -9.89. The number of carbonyl (C=O) groups is 4. The summed E-state index contributed by atoms with van der Waals surface area (Å²) >= 11 is 0. The van der Waals surface area contributed by atoms with Crippen LogP contribution in [0.15, 0.2) is 0 Å². The van der Waals surface area contributed by atoms with E-state index in [1.807, 2.05) is 0 Å². The van der Waals surface area contributed by atoms with Gasteiger partial charge in [0, 0.05) is 25.7 Å². The first-order valence-corrected chi connectivity index (χ1v) is 38.6. The summed E-state index contributed by atoms with van der Waals surface area (Å²) in [5.74, 6) is -1.35. The van der Waals surface area contributed by atoms with Gasteiger partial charge in [-0.25, -0.2) is 9.13 Å². The van der Waals surface area contributed by atoms with E-state index >= 15 is 0 Å². The number of carbonyl (C=O) groups excluding carboxylic acids is 4. The first kappa shape index (κ1) is 85.1. The summed E-state index contributed by atoms with van der Waals surface area (Å²) < 4.78 is 68.2. The van der Waals surface area contributed by atoms with E-state index in [4.69, 9.17) is 37.0 Å². The number of phosphoric acid groups is 2. The molecule has 0 aliphatic heterocycles. The van der Waals surface area contributed by atoms with Crippen LogP contribution in [0.25, 0.3) is 0 Å². The number of aliphatic hydroxyl groups is 1. The highest BCUT2D eigenvalue weighted by Gasteiger charge is 2.30. The number of hydrogen-bond donors (Lipinski definition) is 3. The van der Waals surface area contributed by atoms with Gasteiger partial charge >= 0.3 is 39.5 Å². The number of esters is 4. The van der Waals surface area contributed by atoms with Crippen molar-refractivity contribution in [2.75, 3.05) is 39.6 Å². The van der Waals surface area contributed by atoms with Crippen LogP contribution >= 0.6 is 15.6 Å². The van der Waals surface area contributed by atoms with Crippen LogP contribution in [0.5, 0.6) is 0 Å². The maximum absolute atomic E-state index is 13.0. The second-order valence-corrected chi connectivity index (χ2v) is 27.9. The molecule has 0 amide bonds. The van der Waals surface area contributed by atoms with E-state index in [1.54, 1.807) is 0 Å². The van der Waals surface area contributed by atoms with Gasteiger partial charge in [0.25, 0.3) is 0 Å². The second kappa shape index (κ2) is 61.6. The molecule has 0 aromatic heterocycles. The van der Waals surface area contributed by atoms with Gasteiger partial charge in [0.15, 0.2) is 12.2 Å². The largest absolute Gasteiger partial charge is 0.472 e. The van der Waals surface area contributed by atoms with Gasteiger partial charge in [0.2, 0.25) is 0 Å². The molecule has 3 N–H and O–H groups in total. The number of aliphatic hydroxyl groups excluding tert-OH is 1. The highest BCUT2D eigenvalue weighted by atomic mass is 31.2. The van der Waals surface area contributed by atoms with Crippen LogP contribution in [0.3, 0.4) is 0 Å². The zero-order valence-electron chi connectivity index (χ0n) is 56.2. The summed E-state index contributed by atoms with van der Waals surface area (Å²) in [6.07, 6.45) is 47.0. The van der Waals surface area contributed by atoms with Crippen molar-refractivity contribution in [3.05, 3.63) is 0 Å². The van der Waals surface area contributed by atoms with E-state index < -0.39 is 97.5 Å². The van der Waals surface area contributed by atoms with E-state index in [0.29, 0.717) is 25.7 Å². The number of rotatable bonds is 68. The Morgan fingerprint density at radius 3 is 0.782 bits per heavy atom. The highest BCUT2D eigenvalue weighted by molar-refractivity contribution is 7.47. The third-order valence-electron chi connectivity index (χ3n) is 15.8. The molecule has 0 spiro atoms. The third-order valence-corrected chi connectivity index (χ3v) is 17.7. The summed E-state index contributed by atoms with van der Waals surface area (Å²) in [4.78, 5) is 72.4. The van der Waals surface area contributed by atoms with Gasteiger partial charge in [-0.2, -0.15) is 0 Å². The van der Waals surface area contributed by atoms with Crippen molar-refractivity contribution < 1.29 is 80.2 Å². The minimum atomic E-state index is -4.95. The molecule has 0 aromatic rings. The van der Waals surface area contributed by atoms with Crippen LogP contribution in [-0.2, 0) is 65.4 Å². The molecule has 0 fully saturated rings. The maximum Gasteiger partial charge on any atom is 0.472 e. The van der Waals surface area contributed by atoms with Crippen LogP contribution < -0.4 is 0 Å². The Hall–Kier alpha value is -1.94. The molecule has 2 unspecified atom stereocenters. The van der Waals surface area contributed by atoms with Gasteiger partial charge in [0.05, 0.1) is 26.4 Å². The lowest BCUT2D eigenvalue weighted by Gasteiger charge is -2.21. The van der Waals surface area contributed by atoms with Crippen molar-refractivity contribution in [3.63, 3.8) is 0 Å². The zero-order valence-corrected chi connectivity index (χ0v) is 57.9. The molecule has 0 bridgehead atoms. The molecule has 0 aliphatic carbocycles. The molecule has 17 nitrogen and oxygen atoms in total. The minimum absolute atomic E-state index is 0.107. The molecular formula is C68H132O17P2. The summed E-state index contributed by atoms with van der Waals surface area (Å²) in [5, 5.41) is 10.6. The zero-order chi connectivity index (χ0) is 64.2. The first-order valence-electron chi connectivity index (χ1n) is 35.6. The van der Waals surface area contributed by atoms with E-state index in [2.05, 4.69) is 34.6 Å². The Balaban J connectivity index is 5.23. The van der Waals surface area contributed by atoms with Gasteiger partial charge < -0.3 is 33.8 Å². The molecule has 0 saturated heterocycles. The Kier molecular flexibility index (Phi) is 60.2.